The first kappa shape index (κ1) is 25.5. The Morgan fingerprint density at radius 1 is 1.09 bits per heavy atom. The van der Waals surface area contributed by atoms with E-state index in [0.29, 0.717) is 16.6 Å². The van der Waals surface area contributed by atoms with Gasteiger partial charge in [0.15, 0.2) is 11.5 Å². The molecule has 0 radical (unpaired) electrons. The Labute approximate surface area is 199 Å². The van der Waals surface area contributed by atoms with Gasteiger partial charge in [-0.3, -0.25) is 4.79 Å². The highest BCUT2D eigenvalue weighted by atomic mass is 32.2. The Morgan fingerprint density at radius 2 is 1.74 bits per heavy atom. The van der Waals surface area contributed by atoms with Crippen LogP contribution in [0.3, 0.4) is 0 Å². The number of fused-ring (bicyclic) bond motifs is 1. The SMILES string of the molecule is COc1ccc(S(=O)(=O)N(C(=O)[C@@H]2Cc3ccccc3CN2)[C@@H](CC(C)C)C(=O)O)cc1OC. The second kappa shape index (κ2) is 10.4. The van der Waals surface area contributed by atoms with E-state index in [-0.39, 0.29) is 29.4 Å². The summed E-state index contributed by atoms with van der Waals surface area (Å²) in [6.45, 7) is 3.92. The van der Waals surface area contributed by atoms with Crippen LogP contribution < -0.4 is 14.8 Å². The number of methoxy groups -OCH3 is 2. The number of hydrogen-bond acceptors (Lipinski definition) is 7. The molecule has 0 saturated heterocycles. The third-order valence-corrected chi connectivity index (χ3v) is 7.57. The summed E-state index contributed by atoms with van der Waals surface area (Å²) in [6.07, 6.45) is 0.220. The lowest BCUT2D eigenvalue weighted by Gasteiger charge is -2.34. The highest BCUT2D eigenvalue weighted by Gasteiger charge is 2.43. The number of carboxylic acid groups (broad SMARTS) is 1. The van der Waals surface area contributed by atoms with Gasteiger partial charge in [0, 0.05) is 12.6 Å². The van der Waals surface area contributed by atoms with Crippen LogP contribution in [0.2, 0.25) is 0 Å². The van der Waals surface area contributed by atoms with E-state index in [2.05, 4.69) is 5.32 Å². The third kappa shape index (κ3) is 5.18. The molecule has 0 saturated carbocycles. The monoisotopic (exact) mass is 490 g/mol. The lowest BCUT2D eigenvalue weighted by atomic mass is 9.95. The lowest BCUT2D eigenvalue weighted by molar-refractivity contribution is -0.147. The van der Waals surface area contributed by atoms with E-state index in [0.717, 1.165) is 11.1 Å². The van der Waals surface area contributed by atoms with Crippen LogP contribution in [-0.2, 0) is 32.6 Å². The van der Waals surface area contributed by atoms with Gasteiger partial charge in [0.05, 0.1) is 25.2 Å². The van der Waals surface area contributed by atoms with Crippen molar-refractivity contribution in [3.05, 3.63) is 53.6 Å². The molecule has 0 bridgehead atoms. The predicted octanol–water partition coefficient (Wildman–Crippen LogP) is 2.43. The molecule has 2 N–H and O–H groups in total. The molecular formula is C24H30N2O7S. The van der Waals surface area contributed by atoms with Gasteiger partial charge >= 0.3 is 5.97 Å². The van der Waals surface area contributed by atoms with Gasteiger partial charge in [-0.25, -0.2) is 17.5 Å². The second-order valence-electron chi connectivity index (χ2n) is 8.55. The van der Waals surface area contributed by atoms with E-state index >= 15 is 0 Å². The first-order chi connectivity index (χ1) is 16.1. The van der Waals surface area contributed by atoms with Crippen LogP contribution in [0.4, 0.5) is 0 Å². The second-order valence-corrected chi connectivity index (χ2v) is 10.4. The maximum Gasteiger partial charge on any atom is 0.327 e. The minimum absolute atomic E-state index is 0.0309. The average Bonchev–Trinajstić information content (AvgIpc) is 2.82. The maximum absolute atomic E-state index is 13.8. The van der Waals surface area contributed by atoms with E-state index in [1.807, 2.05) is 24.3 Å². The van der Waals surface area contributed by atoms with Gasteiger partial charge in [0.25, 0.3) is 15.9 Å². The number of ether oxygens (including phenoxy) is 2. The van der Waals surface area contributed by atoms with Crippen molar-refractivity contribution in [2.24, 2.45) is 5.92 Å². The van der Waals surface area contributed by atoms with E-state index in [1.165, 1.54) is 32.4 Å². The molecule has 1 aliphatic rings. The smallest absolute Gasteiger partial charge is 0.327 e. The topological polar surface area (TPSA) is 122 Å². The van der Waals surface area contributed by atoms with Gasteiger partial charge in [0.2, 0.25) is 0 Å². The van der Waals surface area contributed by atoms with Crippen molar-refractivity contribution >= 4 is 21.9 Å². The van der Waals surface area contributed by atoms with Gasteiger partial charge in [0.1, 0.15) is 6.04 Å². The lowest BCUT2D eigenvalue weighted by Crippen LogP contribution is -2.56. The van der Waals surface area contributed by atoms with Crippen LogP contribution in [0.15, 0.2) is 47.4 Å². The van der Waals surface area contributed by atoms with Crippen molar-refractivity contribution in [2.45, 2.75) is 50.2 Å². The fraction of sp³-hybridized carbons (Fsp3) is 0.417. The Morgan fingerprint density at radius 3 is 2.32 bits per heavy atom. The normalized spacial score (nSPS) is 16.4. The Bertz CT molecular complexity index is 1160. The fourth-order valence-electron chi connectivity index (χ4n) is 4.06. The molecule has 1 heterocycles. The van der Waals surface area contributed by atoms with Crippen molar-refractivity contribution in [1.82, 2.24) is 9.62 Å². The van der Waals surface area contributed by atoms with Gasteiger partial charge in [-0.2, -0.15) is 0 Å². The molecule has 2 aromatic carbocycles. The van der Waals surface area contributed by atoms with E-state index in [9.17, 15) is 23.1 Å². The molecule has 2 aromatic rings. The zero-order valence-electron chi connectivity index (χ0n) is 19.6. The molecule has 0 spiro atoms. The number of hydrogen-bond donors (Lipinski definition) is 2. The van der Waals surface area contributed by atoms with Crippen molar-refractivity contribution in [2.75, 3.05) is 14.2 Å². The zero-order chi connectivity index (χ0) is 25.0. The number of sulfonamides is 1. The minimum Gasteiger partial charge on any atom is -0.493 e. The van der Waals surface area contributed by atoms with Crippen molar-refractivity contribution in [3.63, 3.8) is 0 Å². The molecular weight excluding hydrogens is 460 g/mol. The number of aliphatic carboxylic acids is 1. The van der Waals surface area contributed by atoms with Crippen LogP contribution in [0.5, 0.6) is 11.5 Å². The minimum atomic E-state index is -4.55. The summed E-state index contributed by atoms with van der Waals surface area (Å²) in [5, 5.41) is 13.0. The number of nitrogens with zero attached hydrogens (tertiary/aromatic N) is 1. The first-order valence-electron chi connectivity index (χ1n) is 10.9. The molecule has 3 rings (SSSR count). The van der Waals surface area contributed by atoms with Crippen LogP contribution in [-0.4, -0.2) is 56.0 Å². The molecule has 9 nitrogen and oxygen atoms in total. The largest absolute Gasteiger partial charge is 0.493 e. The number of nitrogens with one attached hydrogen (secondary N) is 1. The van der Waals surface area contributed by atoms with Crippen LogP contribution >= 0.6 is 0 Å². The number of carboxylic acids is 1. The Hall–Kier alpha value is -3.11. The van der Waals surface area contributed by atoms with E-state index in [1.54, 1.807) is 13.8 Å². The highest BCUT2D eigenvalue weighted by molar-refractivity contribution is 7.89. The quantitative estimate of drug-likeness (QED) is 0.550. The summed E-state index contributed by atoms with van der Waals surface area (Å²) >= 11 is 0. The molecule has 10 heteroatoms. The average molecular weight is 491 g/mol. The number of carbonyl (C=O) groups is 2. The Kier molecular flexibility index (Phi) is 7.83. The van der Waals surface area contributed by atoms with Crippen molar-refractivity contribution < 1.29 is 32.6 Å². The molecule has 0 unspecified atom stereocenters. The fourth-order valence-corrected chi connectivity index (χ4v) is 5.65. The number of amides is 1. The summed E-state index contributed by atoms with van der Waals surface area (Å²) in [6, 6.07) is 9.00. The first-order valence-corrected chi connectivity index (χ1v) is 12.4. The Balaban J connectivity index is 2.08. The highest BCUT2D eigenvalue weighted by Crippen LogP contribution is 2.32. The molecule has 0 aliphatic carbocycles. The van der Waals surface area contributed by atoms with E-state index in [4.69, 9.17) is 9.47 Å². The van der Waals surface area contributed by atoms with E-state index < -0.39 is 34.0 Å². The van der Waals surface area contributed by atoms with Crippen molar-refractivity contribution in [3.8, 4) is 11.5 Å². The summed E-state index contributed by atoms with van der Waals surface area (Å²) in [4.78, 5) is 25.7. The third-order valence-electron chi connectivity index (χ3n) is 5.77. The van der Waals surface area contributed by atoms with Crippen molar-refractivity contribution in [1.29, 1.82) is 0 Å². The number of rotatable bonds is 9. The van der Waals surface area contributed by atoms with Crippen LogP contribution in [0.1, 0.15) is 31.4 Å². The predicted molar refractivity (Wildman–Crippen MR) is 125 cm³/mol. The van der Waals surface area contributed by atoms with Gasteiger partial charge in [-0.05, 0) is 42.0 Å². The molecule has 2 atom stereocenters. The molecule has 0 aromatic heterocycles. The molecule has 34 heavy (non-hydrogen) atoms. The molecule has 0 fully saturated rings. The molecule has 1 aliphatic heterocycles. The number of benzene rings is 2. The standard InChI is InChI=1S/C24H30N2O7S/c1-15(2)11-20(24(28)29)26(23(27)19-12-16-7-5-6-8-17(16)14-25-19)34(30,31)18-9-10-21(32-3)22(13-18)33-4/h5-10,13,15,19-20,25H,11-12,14H2,1-4H3,(H,28,29)/t19-,20-/m0/s1. The van der Waals surface area contributed by atoms with Crippen LogP contribution in [0, 0.1) is 5.92 Å². The summed E-state index contributed by atoms with van der Waals surface area (Å²) in [5.74, 6) is -1.91. The van der Waals surface area contributed by atoms with Gasteiger partial charge < -0.3 is 19.9 Å². The van der Waals surface area contributed by atoms with Crippen LogP contribution in [0.25, 0.3) is 0 Å². The number of carbonyl (C=O) groups excluding carboxylic acids is 1. The summed E-state index contributed by atoms with van der Waals surface area (Å²) in [5.41, 5.74) is 1.93. The molecule has 184 valence electrons. The maximum atomic E-state index is 13.8. The van der Waals surface area contributed by atoms with Gasteiger partial charge in [-0.1, -0.05) is 38.1 Å². The summed E-state index contributed by atoms with van der Waals surface area (Å²) in [7, 11) is -1.77. The summed E-state index contributed by atoms with van der Waals surface area (Å²) < 4.78 is 38.5. The molecule has 1 amide bonds. The zero-order valence-corrected chi connectivity index (χ0v) is 20.5. The van der Waals surface area contributed by atoms with Gasteiger partial charge in [-0.15, -0.1) is 0 Å².